The molecule has 0 heterocycles. The molecule has 0 nitrogen and oxygen atoms in total. The van der Waals surface area contributed by atoms with Gasteiger partial charge in [-0.25, -0.2) is 0 Å². The summed E-state index contributed by atoms with van der Waals surface area (Å²) in [5.74, 6) is 0. The van der Waals surface area contributed by atoms with E-state index in [0.717, 1.165) is 6.42 Å². The first-order chi connectivity index (χ1) is 3.71. The average molecular weight is 193 g/mol. The molecule has 8 heavy (non-hydrogen) atoms. The van der Waals surface area contributed by atoms with Crippen LogP contribution in [0.4, 0.5) is 0 Å². The molecule has 0 spiro atoms. The van der Waals surface area contributed by atoms with E-state index in [9.17, 15) is 0 Å². The van der Waals surface area contributed by atoms with E-state index in [1.54, 1.807) is 0 Å². The van der Waals surface area contributed by atoms with Crippen molar-refractivity contribution in [3.63, 3.8) is 0 Å². The van der Waals surface area contributed by atoms with Crippen molar-refractivity contribution in [3.05, 3.63) is 24.3 Å². The third-order valence-corrected chi connectivity index (χ3v) is 1.73. The van der Waals surface area contributed by atoms with Gasteiger partial charge in [-0.05, 0) is 6.42 Å². The Morgan fingerprint density at radius 2 is 1.88 bits per heavy atom. The molecule has 0 aliphatic heterocycles. The second-order valence-electron chi connectivity index (χ2n) is 1.71. The highest BCUT2D eigenvalue weighted by atomic mass is 79.9. The average Bonchev–Trinajstić information content (AvgIpc) is 1.65. The van der Waals surface area contributed by atoms with Crippen molar-refractivity contribution < 1.29 is 0 Å². The molecule has 0 aromatic heterocycles. The molecule has 2 heteroatoms. The van der Waals surface area contributed by atoms with Gasteiger partial charge < -0.3 is 0 Å². The molecule has 1 aliphatic rings. The van der Waals surface area contributed by atoms with Crippen molar-refractivity contribution in [1.29, 1.82) is 0 Å². The van der Waals surface area contributed by atoms with Crippen LogP contribution in [0.25, 0.3) is 0 Å². The van der Waals surface area contributed by atoms with Gasteiger partial charge in [0.05, 0.1) is 0 Å². The van der Waals surface area contributed by atoms with Crippen LogP contribution in [0.1, 0.15) is 6.42 Å². The number of allylic oxidation sites excluding steroid dienone is 4. The summed E-state index contributed by atoms with van der Waals surface area (Å²) < 4.78 is -0.398. The Labute approximate surface area is 62.3 Å². The van der Waals surface area contributed by atoms with Gasteiger partial charge in [0.15, 0.2) is 0 Å². The van der Waals surface area contributed by atoms with Gasteiger partial charge >= 0.3 is 0 Å². The molecule has 0 fully saturated rings. The molecule has 0 amide bonds. The topological polar surface area (TPSA) is 0 Å². The molecule has 0 radical (unpaired) electrons. The van der Waals surface area contributed by atoms with E-state index in [-0.39, 0.29) is 0 Å². The Morgan fingerprint density at radius 1 is 1.38 bits per heavy atom. The second-order valence-corrected chi connectivity index (χ2v) is 4.11. The number of rotatable bonds is 0. The van der Waals surface area contributed by atoms with Gasteiger partial charge in [0.25, 0.3) is 0 Å². The highest BCUT2D eigenvalue weighted by Gasteiger charge is 2.15. The van der Waals surface area contributed by atoms with Gasteiger partial charge in [0.1, 0.15) is 3.78 Å². The lowest BCUT2D eigenvalue weighted by Crippen LogP contribution is -2.03. The predicted octanol–water partition coefficient (Wildman–Crippen LogP) is 2.83. The minimum atomic E-state index is -0.398. The Morgan fingerprint density at radius 3 is 2.12 bits per heavy atom. The Kier molecular flexibility index (Phi) is 1.78. The molecule has 0 saturated carbocycles. The fourth-order valence-corrected chi connectivity index (χ4v) is 1.14. The van der Waals surface area contributed by atoms with Crippen molar-refractivity contribution >= 4 is 27.5 Å². The molecule has 1 aliphatic carbocycles. The monoisotopic (exact) mass is 192 g/mol. The van der Waals surface area contributed by atoms with Crippen molar-refractivity contribution in [2.24, 2.45) is 0 Å². The lowest BCUT2D eigenvalue weighted by atomic mass is 10.2. The summed E-state index contributed by atoms with van der Waals surface area (Å²) in [4.78, 5) is 0. The number of alkyl halides is 2. The maximum Gasteiger partial charge on any atom is 0.135 e. The zero-order valence-corrected chi connectivity index (χ0v) is 6.61. The van der Waals surface area contributed by atoms with Gasteiger partial charge in [0.2, 0.25) is 0 Å². The van der Waals surface area contributed by atoms with Crippen molar-refractivity contribution in [2.45, 2.75) is 10.2 Å². The largest absolute Gasteiger partial charge is 0.135 e. The highest BCUT2D eigenvalue weighted by Crippen LogP contribution is 2.29. The molecule has 0 atom stereocenters. The summed E-state index contributed by atoms with van der Waals surface area (Å²) in [6.07, 6.45) is 8.91. The maximum atomic E-state index is 5.82. The molecule has 0 saturated heterocycles. The zero-order valence-electron chi connectivity index (χ0n) is 4.27. The number of halogens is 2. The van der Waals surface area contributed by atoms with E-state index < -0.39 is 3.78 Å². The number of hydrogen-bond donors (Lipinski definition) is 0. The van der Waals surface area contributed by atoms with Gasteiger partial charge in [-0.2, -0.15) is 0 Å². The Bertz CT molecular complexity index is 121. The maximum absolute atomic E-state index is 5.82. The van der Waals surface area contributed by atoms with Crippen LogP contribution in [0.2, 0.25) is 0 Å². The van der Waals surface area contributed by atoms with Crippen LogP contribution >= 0.6 is 27.5 Å². The normalized spacial score (nSPS) is 23.8. The summed E-state index contributed by atoms with van der Waals surface area (Å²) >= 11 is 9.10. The van der Waals surface area contributed by atoms with Crippen LogP contribution in [-0.2, 0) is 0 Å². The Hall–Kier alpha value is 0.250. The Balaban J connectivity index is 2.69. The van der Waals surface area contributed by atoms with Crippen molar-refractivity contribution in [1.82, 2.24) is 0 Å². The lowest BCUT2D eigenvalue weighted by Gasteiger charge is -2.11. The van der Waals surface area contributed by atoms with E-state index in [4.69, 9.17) is 11.6 Å². The quantitative estimate of drug-likeness (QED) is 0.410. The van der Waals surface area contributed by atoms with Gasteiger partial charge in [-0.3, -0.25) is 0 Å². The van der Waals surface area contributed by atoms with E-state index in [2.05, 4.69) is 15.9 Å². The van der Waals surface area contributed by atoms with Crippen LogP contribution in [-0.4, -0.2) is 3.78 Å². The predicted molar refractivity (Wildman–Crippen MR) is 40.4 cm³/mol. The van der Waals surface area contributed by atoms with Crippen molar-refractivity contribution in [3.8, 4) is 0 Å². The number of hydrogen-bond acceptors (Lipinski definition) is 0. The van der Waals surface area contributed by atoms with Gasteiger partial charge in [0, 0.05) is 0 Å². The van der Waals surface area contributed by atoms with Crippen molar-refractivity contribution in [2.75, 3.05) is 0 Å². The lowest BCUT2D eigenvalue weighted by molar-refractivity contribution is 1.20. The minimum absolute atomic E-state index is 0.398. The summed E-state index contributed by atoms with van der Waals surface area (Å²) in [7, 11) is 0. The third kappa shape index (κ3) is 1.64. The van der Waals surface area contributed by atoms with Gasteiger partial charge in [-0.15, -0.1) is 0 Å². The molecule has 0 N–H and O–H groups in total. The molecule has 0 unspecified atom stereocenters. The molecular weight excluding hydrogens is 187 g/mol. The fourth-order valence-electron chi connectivity index (χ4n) is 0.584. The molecule has 0 aromatic carbocycles. The zero-order chi connectivity index (χ0) is 6.04. The van der Waals surface area contributed by atoms with Gasteiger partial charge in [-0.1, -0.05) is 51.8 Å². The SMILES string of the molecule is ClC1(Br)C=CCC=C1. The van der Waals surface area contributed by atoms with Crippen LogP contribution in [0, 0.1) is 0 Å². The van der Waals surface area contributed by atoms with Crippen LogP contribution < -0.4 is 0 Å². The first-order valence-corrected chi connectivity index (χ1v) is 3.61. The minimum Gasteiger partial charge on any atom is -0.0974 e. The first-order valence-electron chi connectivity index (χ1n) is 2.44. The standard InChI is InChI=1S/C6H6BrCl/c7-6(8)4-2-1-3-5-6/h2-5H,1H2. The summed E-state index contributed by atoms with van der Waals surface area (Å²) in [6.45, 7) is 0. The molecule has 44 valence electrons. The summed E-state index contributed by atoms with van der Waals surface area (Å²) in [5, 5.41) is 0. The van der Waals surface area contributed by atoms with E-state index in [1.807, 2.05) is 24.3 Å². The molecule has 0 aromatic rings. The smallest absolute Gasteiger partial charge is 0.0974 e. The molecular formula is C6H6BrCl. The van der Waals surface area contributed by atoms with E-state index >= 15 is 0 Å². The summed E-state index contributed by atoms with van der Waals surface area (Å²) in [6, 6.07) is 0. The fraction of sp³-hybridized carbons (Fsp3) is 0.333. The first kappa shape index (κ1) is 6.37. The van der Waals surface area contributed by atoms with Crippen LogP contribution in [0.5, 0.6) is 0 Å². The van der Waals surface area contributed by atoms with Crippen LogP contribution in [0.3, 0.4) is 0 Å². The van der Waals surface area contributed by atoms with E-state index in [0.29, 0.717) is 0 Å². The summed E-state index contributed by atoms with van der Waals surface area (Å²) in [5.41, 5.74) is 0. The van der Waals surface area contributed by atoms with Crippen LogP contribution in [0.15, 0.2) is 24.3 Å². The second kappa shape index (κ2) is 2.24. The van der Waals surface area contributed by atoms with E-state index in [1.165, 1.54) is 0 Å². The third-order valence-electron chi connectivity index (χ3n) is 0.952. The molecule has 0 bridgehead atoms. The molecule has 1 rings (SSSR count). The highest BCUT2D eigenvalue weighted by molar-refractivity contribution is 9.10.